The quantitative estimate of drug-likeness (QED) is 0.735. The number of sulfonamides is 1. The van der Waals surface area contributed by atoms with Crippen molar-refractivity contribution in [2.24, 2.45) is 0 Å². The summed E-state index contributed by atoms with van der Waals surface area (Å²) in [7, 11) is -4.10. The van der Waals surface area contributed by atoms with Gasteiger partial charge in [-0.15, -0.1) is 0 Å². The number of benzene rings is 1. The predicted octanol–water partition coefficient (Wildman–Crippen LogP) is 4.07. The molecular weight excluding hydrogens is 390 g/mol. The van der Waals surface area contributed by atoms with E-state index in [1.807, 2.05) is 18.2 Å². The van der Waals surface area contributed by atoms with E-state index in [0.29, 0.717) is 0 Å². The Morgan fingerprint density at radius 1 is 1.21 bits per heavy atom. The largest absolute Gasteiger partial charge is 0.443 e. The average Bonchev–Trinajstić information content (AvgIpc) is 3.20. The van der Waals surface area contributed by atoms with Crippen LogP contribution in [0.2, 0.25) is 0 Å². The van der Waals surface area contributed by atoms with Crippen LogP contribution in [0.1, 0.15) is 33.6 Å². The van der Waals surface area contributed by atoms with Crippen molar-refractivity contribution in [1.82, 2.24) is 14.1 Å². The molecule has 29 heavy (non-hydrogen) atoms. The van der Waals surface area contributed by atoms with E-state index in [1.54, 1.807) is 56.0 Å². The van der Waals surface area contributed by atoms with Gasteiger partial charge in [-0.2, -0.15) is 9.40 Å². The summed E-state index contributed by atoms with van der Waals surface area (Å²) in [6.45, 7) is 5.03. The van der Waals surface area contributed by atoms with Gasteiger partial charge in [-0.3, -0.25) is 0 Å². The predicted molar refractivity (Wildman–Crippen MR) is 110 cm³/mol. The van der Waals surface area contributed by atoms with E-state index in [0.717, 1.165) is 28.4 Å². The first kappa shape index (κ1) is 20.9. The summed E-state index contributed by atoms with van der Waals surface area (Å²) in [4.78, 5) is 12.8. The van der Waals surface area contributed by atoms with Crippen molar-refractivity contribution in [2.75, 3.05) is 6.54 Å². The lowest BCUT2D eigenvalue weighted by atomic mass is 10.1. The molecule has 0 atom stereocenters. The fourth-order valence-electron chi connectivity index (χ4n) is 2.83. The maximum Gasteiger partial charge on any atom is 0.424 e. The number of amides is 1. The first-order valence-corrected chi connectivity index (χ1v) is 10.8. The highest BCUT2D eigenvalue weighted by Crippen LogP contribution is 2.23. The molecule has 1 heterocycles. The van der Waals surface area contributed by atoms with E-state index >= 15 is 0 Å². The molecule has 0 bridgehead atoms. The number of nitrogens with zero attached hydrogens (tertiary/aromatic N) is 3. The molecule has 7 nitrogen and oxygen atoms in total. The molecule has 0 aliphatic heterocycles. The Balaban J connectivity index is 1.92. The Hall–Kier alpha value is -2.87. The van der Waals surface area contributed by atoms with Crippen LogP contribution in [-0.4, -0.2) is 40.7 Å². The molecule has 0 N–H and O–H groups in total. The molecular formula is C21H25N3O4S. The molecule has 2 aromatic rings. The van der Waals surface area contributed by atoms with Crippen molar-refractivity contribution < 1.29 is 17.9 Å². The van der Waals surface area contributed by atoms with Gasteiger partial charge in [-0.1, -0.05) is 18.2 Å². The van der Waals surface area contributed by atoms with Crippen molar-refractivity contribution in [3.8, 4) is 5.69 Å². The summed E-state index contributed by atoms with van der Waals surface area (Å²) < 4.78 is 34.4. The molecule has 1 aliphatic carbocycles. The summed E-state index contributed by atoms with van der Waals surface area (Å²) in [5.74, 6) is 0. The zero-order valence-electron chi connectivity index (χ0n) is 16.8. The minimum atomic E-state index is -4.10. The minimum absolute atomic E-state index is 0.0136. The fraction of sp³-hybridized carbons (Fsp3) is 0.333. The van der Waals surface area contributed by atoms with Crippen LogP contribution in [0, 0.1) is 0 Å². The van der Waals surface area contributed by atoms with Crippen molar-refractivity contribution >= 4 is 16.1 Å². The highest BCUT2D eigenvalue weighted by molar-refractivity contribution is 7.89. The molecule has 3 rings (SSSR count). The lowest BCUT2D eigenvalue weighted by molar-refractivity contribution is 0.0402. The second-order valence-corrected chi connectivity index (χ2v) is 9.56. The van der Waals surface area contributed by atoms with Gasteiger partial charge in [0.25, 0.3) is 10.0 Å². The van der Waals surface area contributed by atoms with Gasteiger partial charge in [0.15, 0.2) is 0 Å². The molecule has 1 aromatic heterocycles. The van der Waals surface area contributed by atoms with Crippen molar-refractivity contribution in [3.63, 3.8) is 0 Å². The molecule has 1 aromatic carbocycles. The van der Waals surface area contributed by atoms with Gasteiger partial charge < -0.3 is 4.74 Å². The lowest BCUT2D eigenvalue weighted by Gasteiger charge is -2.27. The molecule has 0 unspecified atom stereocenters. The van der Waals surface area contributed by atoms with Crippen molar-refractivity contribution in [2.45, 2.75) is 44.1 Å². The van der Waals surface area contributed by atoms with Crippen LogP contribution in [0.3, 0.4) is 0 Å². The van der Waals surface area contributed by atoms with Crippen LogP contribution in [0.5, 0.6) is 0 Å². The van der Waals surface area contributed by atoms with E-state index < -0.39 is 21.7 Å². The van der Waals surface area contributed by atoms with Gasteiger partial charge in [-0.25, -0.2) is 17.9 Å². The van der Waals surface area contributed by atoms with Crippen LogP contribution in [-0.2, 0) is 14.8 Å². The Morgan fingerprint density at radius 2 is 1.93 bits per heavy atom. The second-order valence-electron chi connectivity index (χ2n) is 7.70. The number of hydrogen-bond donors (Lipinski definition) is 0. The molecule has 1 aliphatic rings. The maximum atomic E-state index is 13.3. The SMILES string of the molecule is CC(C)(C)OC(=O)N(CC1=CCCC=C1)S(=O)(=O)c1ccc(-n2cccn2)cc1. The second kappa shape index (κ2) is 8.24. The third-order valence-electron chi connectivity index (χ3n) is 4.19. The van der Waals surface area contributed by atoms with Crippen molar-refractivity contribution in [1.29, 1.82) is 0 Å². The van der Waals surface area contributed by atoms with Crippen LogP contribution in [0.25, 0.3) is 5.69 Å². The molecule has 8 heteroatoms. The fourth-order valence-corrected chi connectivity index (χ4v) is 4.12. The first-order chi connectivity index (χ1) is 13.7. The number of allylic oxidation sites excluding steroid dienone is 2. The number of hydrogen-bond acceptors (Lipinski definition) is 5. The summed E-state index contributed by atoms with van der Waals surface area (Å²) >= 11 is 0. The Labute approximate surface area is 171 Å². The smallest absolute Gasteiger partial charge is 0.424 e. The van der Waals surface area contributed by atoms with Gasteiger partial charge in [0.1, 0.15) is 5.60 Å². The zero-order chi connectivity index (χ0) is 21.1. The summed E-state index contributed by atoms with van der Waals surface area (Å²) in [5.41, 5.74) is 0.667. The van der Waals surface area contributed by atoms with E-state index in [9.17, 15) is 13.2 Å². The first-order valence-electron chi connectivity index (χ1n) is 9.38. The number of carbonyl (C=O) groups excluding carboxylic acids is 1. The van der Waals surface area contributed by atoms with Gasteiger partial charge in [0.2, 0.25) is 0 Å². The minimum Gasteiger partial charge on any atom is -0.443 e. The van der Waals surface area contributed by atoms with E-state index in [1.165, 1.54) is 12.1 Å². The Bertz CT molecular complexity index is 1010. The number of ether oxygens (including phenoxy) is 1. The third-order valence-corrected chi connectivity index (χ3v) is 5.92. The van der Waals surface area contributed by atoms with Gasteiger partial charge in [0, 0.05) is 12.4 Å². The molecule has 1 amide bonds. The average molecular weight is 416 g/mol. The molecule has 154 valence electrons. The van der Waals surface area contributed by atoms with E-state index in [2.05, 4.69) is 5.10 Å². The zero-order valence-corrected chi connectivity index (χ0v) is 17.6. The third kappa shape index (κ3) is 5.14. The van der Waals surface area contributed by atoms with E-state index in [4.69, 9.17) is 4.74 Å². The van der Waals surface area contributed by atoms with Crippen LogP contribution < -0.4 is 0 Å². The molecule has 0 radical (unpaired) electrons. The Morgan fingerprint density at radius 3 is 2.48 bits per heavy atom. The standard InChI is InChI=1S/C21H25N3O4S/c1-21(2,3)28-20(25)24(16-17-8-5-4-6-9-17)29(26,27)19-12-10-18(11-13-19)23-15-7-14-22-23/h5,7-15H,4,6,16H2,1-3H3. The van der Waals surface area contributed by atoms with Gasteiger partial charge >= 0.3 is 6.09 Å². The highest BCUT2D eigenvalue weighted by atomic mass is 32.2. The lowest BCUT2D eigenvalue weighted by Crippen LogP contribution is -2.41. The molecule has 0 saturated heterocycles. The summed E-state index contributed by atoms with van der Waals surface area (Å²) in [5, 5.41) is 4.13. The van der Waals surface area contributed by atoms with Crippen molar-refractivity contribution in [3.05, 3.63) is 66.5 Å². The van der Waals surface area contributed by atoms with E-state index in [-0.39, 0.29) is 11.4 Å². The monoisotopic (exact) mass is 415 g/mol. The van der Waals surface area contributed by atoms with Gasteiger partial charge in [0.05, 0.1) is 17.1 Å². The maximum absolute atomic E-state index is 13.3. The molecule has 0 fully saturated rings. The van der Waals surface area contributed by atoms with Crippen LogP contribution in [0.4, 0.5) is 4.79 Å². The molecule has 0 saturated carbocycles. The summed E-state index contributed by atoms with van der Waals surface area (Å²) in [6, 6.07) is 8.00. The van der Waals surface area contributed by atoms with Crippen LogP contribution in [0.15, 0.2) is 71.4 Å². The number of aromatic nitrogens is 2. The highest BCUT2D eigenvalue weighted by Gasteiger charge is 2.33. The Kier molecular flexibility index (Phi) is 5.93. The van der Waals surface area contributed by atoms with Gasteiger partial charge in [-0.05, 0) is 69.5 Å². The number of rotatable bonds is 5. The normalized spacial score (nSPS) is 14.4. The summed E-state index contributed by atoms with van der Waals surface area (Å²) in [6.07, 6.45) is 9.97. The molecule has 0 spiro atoms. The topological polar surface area (TPSA) is 81.5 Å². The number of carbonyl (C=O) groups is 1. The van der Waals surface area contributed by atoms with Crippen LogP contribution >= 0.6 is 0 Å².